The highest BCUT2D eigenvalue weighted by atomic mass is 32.2. The maximum Gasteiger partial charge on any atom is 0.266 e. The number of anilines is 2. The fourth-order valence-corrected chi connectivity index (χ4v) is 7.13. The maximum atomic E-state index is 13.8. The Labute approximate surface area is 218 Å². The van der Waals surface area contributed by atoms with Crippen molar-refractivity contribution in [3.8, 4) is 11.5 Å². The number of piperazine rings is 1. The van der Waals surface area contributed by atoms with Gasteiger partial charge in [-0.15, -0.1) is 0 Å². The third-order valence-corrected chi connectivity index (χ3v) is 9.97. The fraction of sp³-hybridized carbons (Fsp3) is 0.500. The topological polar surface area (TPSA) is 123 Å². The predicted molar refractivity (Wildman–Crippen MR) is 142 cm³/mol. The number of nitrogens with zero attached hydrogens (tertiary/aromatic N) is 3. The minimum atomic E-state index is -4.05. The van der Waals surface area contributed by atoms with Crippen LogP contribution in [-0.4, -0.2) is 79.6 Å². The molecule has 10 nitrogen and oxygen atoms in total. The van der Waals surface area contributed by atoms with Gasteiger partial charge in [-0.2, -0.15) is 4.31 Å². The van der Waals surface area contributed by atoms with Crippen molar-refractivity contribution in [2.45, 2.75) is 37.4 Å². The maximum absolute atomic E-state index is 13.8. The highest BCUT2D eigenvalue weighted by molar-refractivity contribution is 7.91. The number of piperidine rings is 1. The lowest BCUT2D eigenvalue weighted by atomic mass is 9.94. The Bertz CT molecular complexity index is 1140. The summed E-state index contributed by atoms with van der Waals surface area (Å²) in [6.45, 7) is 4.93. The van der Waals surface area contributed by atoms with E-state index in [2.05, 4.69) is 11.8 Å². The molecule has 0 atom stereocenters. The van der Waals surface area contributed by atoms with E-state index in [-0.39, 0.29) is 31.7 Å². The summed E-state index contributed by atoms with van der Waals surface area (Å²) in [7, 11) is -4.05. The minimum Gasteiger partial charge on any atom is -0.508 e. The summed E-state index contributed by atoms with van der Waals surface area (Å²) in [6, 6.07) is 14.5. The number of sulfonamides is 1. The number of unbranched alkanes of at least 4 members (excludes halogenated alkanes) is 1. The van der Waals surface area contributed by atoms with Crippen molar-refractivity contribution >= 4 is 27.3 Å². The van der Waals surface area contributed by atoms with E-state index < -0.39 is 20.7 Å². The van der Waals surface area contributed by atoms with E-state index in [9.17, 15) is 23.5 Å². The summed E-state index contributed by atoms with van der Waals surface area (Å²) in [5.74, 6) is 0.0701. The van der Waals surface area contributed by atoms with Crippen LogP contribution in [0.25, 0.3) is 0 Å². The molecule has 0 radical (unpaired) electrons. The Kier molecular flexibility index (Phi) is 8.46. The largest absolute Gasteiger partial charge is 0.508 e. The second-order valence-electron chi connectivity index (χ2n) is 9.53. The van der Waals surface area contributed by atoms with Gasteiger partial charge in [-0.1, -0.05) is 13.3 Å². The van der Waals surface area contributed by atoms with Gasteiger partial charge in [0.15, 0.2) is 4.75 Å². The molecule has 0 spiro atoms. The number of rotatable bonds is 9. The van der Waals surface area contributed by atoms with Crippen molar-refractivity contribution in [3.63, 3.8) is 0 Å². The van der Waals surface area contributed by atoms with Crippen LogP contribution in [0.5, 0.6) is 11.5 Å². The average Bonchev–Trinajstić information content (AvgIpc) is 2.93. The first-order chi connectivity index (χ1) is 17.8. The molecule has 2 aliphatic heterocycles. The van der Waals surface area contributed by atoms with Crippen LogP contribution in [0.1, 0.15) is 32.6 Å². The monoisotopic (exact) mass is 532 g/mol. The average molecular weight is 533 g/mol. The van der Waals surface area contributed by atoms with Crippen molar-refractivity contribution in [3.05, 3.63) is 48.5 Å². The molecule has 0 aliphatic carbocycles. The number of hydroxylamine groups is 1. The van der Waals surface area contributed by atoms with Crippen molar-refractivity contribution in [2.24, 2.45) is 0 Å². The molecule has 0 unspecified atom stereocenters. The van der Waals surface area contributed by atoms with Gasteiger partial charge < -0.3 is 19.6 Å². The zero-order valence-corrected chi connectivity index (χ0v) is 22.0. The smallest absolute Gasteiger partial charge is 0.266 e. The highest BCUT2D eigenvalue weighted by Gasteiger charge is 2.55. The molecule has 2 aromatic carbocycles. The van der Waals surface area contributed by atoms with Crippen LogP contribution in [0.4, 0.5) is 11.4 Å². The van der Waals surface area contributed by atoms with E-state index in [0.29, 0.717) is 32.8 Å². The molecule has 2 heterocycles. The van der Waals surface area contributed by atoms with Crippen molar-refractivity contribution in [1.82, 2.24) is 9.79 Å². The molecule has 4 rings (SSSR count). The first-order valence-electron chi connectivity index (χ1n) is 12.8. The fourth-order valence-electron chi connectivity index (χ4n) is 5.01. The van der Waals surface area contributed by atoms with Crippen LogP contribution in [0, 0.1) is 0 Å². The molecule has 0 saturated carbocycles. The van der Waals surface area contributed by atoms with Crippen LogP contribution in [-0.2, 0) is 14.8 Å². The summed E-state index contributed by atoms with van der Waals surface area (Å²) in [4.78, 5) is 16.9. The van der Waals surface area contributed by atoms with Crippen LogP contribution < -0.4 is 20.0 Å². The summed E-state index contributed by atoms with van der Waals surface area (Å²) >= 11 is 0. The molecule has 37 heavy (non-hydrogen) atoms. The number of carbonyl (C=O) groups excluding carboxylic acids is 1. The van der Waals surface area contributed by atoms with Gasteiger partial charge in [-0.25, -0.2) is 13.9 Å². The van der Waals surface area contributed by atoms with Crippen molar-refractivity contribution < 1.29 is 28.3 Å². The lowest BCUT2D eigenvalue weighted by molar-refractivity contribution is -0.132. The number of carbonyl (C=O) groups is 1. The van der Waals surface area contributed by atoms with Crippen molar-refractivity contribution in [1.29, 1.82) is 0 Å². The zero-order chi connectivity index (χ0) is 26.5. The number of nitrogens with one attached hydrogen (secondary N) is 1. The third-order valence-electron chi connectivity index (χ3n) is 7.34. The lowest BCUT2D eigenvalue weighted by Gasteiger charge is -2.44. The predicted octanol–water partition coefficient (Wildman–Crippen LogP) is 2.57. The Hall–Kier alpha value is -3.02. The number of phenolic OH excluding ortho intramolecular Hbond substituents is 1. The zero-order valence-electron chi connectivity index (χ0n) is 21.2. The van der Waals surface area contributed by atoms with E-state index in [1.54, 1.807) is 29.7 Å². The van der Waals surface area contributed by atoms with Gasteiger partial charge in [0.2, 0.25) is 10.0 Å². The first-order valence-corrected chi connectivity index (χ1v) is 14.2. The molecule has 2 aromatic rings. The summed E-state index contributed by atoms with van der Waals surface area (Å²) < 4.78 is 33.0. The Balaban J connectivity index is 1.42. The molecule has 0 bridgehead atoms. The number of benzene rings is 2. The van der Waals surface area contributed by atoms with Gasteiger partial charge >= 0.3 is 0 Å². The molecule has 2 aliphatic rings. The van der Waals surface area contributed by atoms with Gasteiger partial charge in [-0.05, 0) is 67.8 Å². The van der Waals surface area contributed by atoms with E-state index in [1.165, 1.54) is 4.31 Å². The second kappa shape index (κ2) is 11.6. The SMILES string of the molecule is CCCCOc1ccc(N2CCN(S(=O)(=O)C3(C(=O)NO)CCN(c4ccc(O)cc4)CC3)CC2)cc1. The molecule has 1 amide bonds. The van der Waals surface area contributed by atoms with Gasteiger partial charge in [0, 0.05) is 50.6 Å². The van der Waals surface area contributed by atoms with Crippen LogP contribution in [0.15, 0.2) is 48.5 Å². The highest BCUT2D eigenvalue weighted by Crippen LogP contribution is 2.36. The van der Waals surface area contributed by atoms with Gasteiger partial charge in [0.25, 0.3) is 5.91 Å². The van der Waals surface area contributed by atoms with E-state index in [1.807, 2.05) is 29.2 Å². The number of phenols is 1. The first kappa shape index (κ1) is 27.0. The van der Waals surface area contributed by atoms with Gasteiger partial charge in [-0.3, -0.25) is 10.0 Å². The molecule has 2 saturated heterocycles. The Morgan fingerprint density at radius 2 is 1.46 bits per heavy atom. The molecule has 202 valence electrons. The molecule has 0 aromatic heterocycles. The van der Waals surface area contributed by atoms with E-state index in [0.717, 1.165) is 30.0 Å². The summed E-state index contributed by atoms with van der Waals surface area (Å²) in [6.07, 6.45) is 2.16. The standard InChI is InChI=1S/C26H36N4O6S/c1-2-3-20-36-24-10-6-22(7-11-24)29-16-18-30(19-17-29)37(34,35)26(25(32)27-33)12-14-28(15-13-26)21-4-8-23(31)9-5-21/h4-11,31,33H,2-3,12-20H2,1H3,(H,27,32). The number of aromatic hydroxyl groups is 1. The molecule has 3 N–H and O–H groups in total. The van der Waals surface area contributed by atoms with Crippen LogP contribution in [0.3, 0.4) is 0 Å². The third kappa shape index (κ3) is 5.63. The number of amides is 1. The lowest BCUT2D eigenvalue weighted by Crippen LogP contribution is -2.63. The van der Waals surface area contributed by atoms with Gasteiger partial charge in [0.1, 0.15) is 11.5 Å². The normalized spacial score (nSPS) is 18.4. The molecule has 2 fully saturated rings. The molecular weight excluding hydrogens is 496 g/mol. The Morgan fingerprint density at radius 1 is 0.919 bits per heavy atom. The van der Waals surface area contributed by atoms with E-state index in [4.69, 9.17) is 4.74 Å². The Morgan fingerprint density at radius 3 is 2.00 bits per heavy atom. The number of hydrogen-bond donors (Lipinski definition) is 3. The second-order valence-corrected chi connectivity index (χ2v) is 11.8. The van der Waals surface area contributed by atoms with Crippen LogP contribution >= 0.6 is 0 Å². The summed E-state index contributed by atoms with van der Waals surface area (Å²) in [5, 5.41) is 19.0. The minimum absolute atomic E-state index is 0.0440. The molecular formula is C26H36N4O6S. The van der Waals surface area contributed by atoms with Gasteiger partial charge in [0.05, 0.1) is 6.61 Å². The molecule has 11 heteroatoms. The summed E-state index contributed by atoms with van der Waals surface area (Å²) in [5.41, 5.74) is 3.45. The van der Waals surface area contributed by atoms with Crippen molar-refractivity contribution in [2.75, 3.05) is 55.7 Å². The quantitative estimate of drug-likeness (QED) is 0.256. The van der Waals surface area contributed by atoms with E-state index >= 15 is 0 Å². The number of ether oxygens (including phenoxy) is 1. The number of hydrogen-bond acceptors (Lipinski definition) is 8. The van der Waals surface area contributed by atoms with Crippen LogP contribution in [0.2, 0.25) is 0 Å².